The summed E-state index contributed by atoms with van der Waals surface area (Å²) < 4.78 is 10.2. The van der Waals surface area contributed by atoms with E-state index in [2.05, 4.69) is 10.1 Å². The van der Waals surface area contributed by atoms with Crippen molar-refractivity contribution in [2.75, 3.05) is 0 Å². The second-order valence-electron chi connectivity index (χ2n) is 3.75. The molecule has 94 valence electrons. The summed E-state index contributed by atoms with van der Waals surface area (Å²) in [6, 6.07) is 9.83. The first-order valence-electron chi connectivity index (χ1n) is 5.46. The fourth-order valence-corrected chi connectivity index (χ4v) is 1.69. The molecule has 3 aromatic rings. The number of carboxylic acids is 1. The second kappa shape index (κ2) is 4.41. The highest BCUT2D eigenvalue weighted by molar-refractivity contribution is 5.94. The van der Waals surface area contributed by atoms with Gasteiger partial charge in [0.15, 0.2) is 5.76 Å². The molecule has 1 N–H and O–H groups in total. The van der Waals surface area contributed by atoms with Crippen molar-refractivity contribution in [1.82, 2.24) is 10.1 Å². The molecule has 19 heavy (non-hydrogen) atoms. The van der Waals surface area contributed by atoms with Gasteiger partial charge in [0.25, 0.3) is 5.89 Å². The summed E-state index contributed by atoms with van der Waals surface area (Å²) >= 11 is 0. The SMILES string of the molecule is O=C(O)c1ccccc1-c1nc(-c2ccco2)no1. The molecular weight excluding hydrogens is 248 g/mol. The van der Waals surface area contributed by atoms with E-state index in [1.807, 2.05) is 0 Å². The maximum atomic E-state index is 11.1. The summed E-state index contributed by atoms with van der Waals surface area (Å²) in [5, 5.41) is 12.9. The number of hydrogen-bond donors (Lipinski definition) is 1. The number of benzene rings is 1. The van der Waals surface area contributed by atoms with E-state index in [0.29, 0.717) is 11.3 Å². The van der Waals surface area contributed by atoms with Crippen molar-refractivity contribution in [3.05, 3.63) is 48.2 Å². The summed E-state index contributed by atoms with van der Waals surface area (Å²) in [6.45, 7) is 0. The predicted octanol–water partition coefficient (Wildman–Crippen LogP) is 2.69. The van der Waals surface area contributed by atoms with Crippen molar-refractivity contribution < 1.29 is 18.8 Å². The van der Waals surface area contributed by atoms with Crippen molar-refractivity contribution in [2.45, 2.75) is 0 Å². The third-order valence-corrected chi connectivity index (χ3v) is 2.56. The van der Waals surface area contributed by atoms with Gasteiger partial charge in [-0.05, 0) is 24.3 Å². The Morgan fingerprint density at radius 3 is 2.74 bits per heavy atom. The molecule has 0 fully saturated rings. The van der Waals surface area contributed by atoms with Crippen LogP contribution < -0.4 is 0 Å². The zero-order valence-electron chi connectivity index (χ0n) is 9.61. The predicted molar refractivity (Wildman–Crippen MR) is 64.4 cm³/mol. The monoisotopic (exact) mass is 256 g/mol. The molecule has 2 aromatic heterocycles. The molecular formula is C13H8N2O4. The summed E-state index contributed by atoms with van der Waals surface area (Å²) in [6.07, 6.45) is 1.50. The molecule has 0 radical (unpaired) electrons. The van der Waals surface area contributed by atoms with E-state index in [1.54, 1.807) is 30.3 Å². The minimum Gasteiger partial charge on any atom is -0.478 e. The fourth-order valence-electron chi connectivity index (χ4n) is 1.69. The Labute approximate surface area is 107 Å². The molecule has 0 unspecified atom stereocenters. The number of nitrogens with zero attached hydrogens (tertiary/aromatic N) is 2. The molecule has 0 aliphatic rings. The number of carbonyl (C=O) groups is 1. The normalized spacial score (nSPS) is 10.5. The number of hydrogen-bond acceptors (Lipinski definition) is 5. The first-order valence-corrected chi connectivity index (χ1v) is 5.46. The van der Waals surface area contributed by atoms with Crippen LogP contribution in [0.3, 0.4) is 0 Å². The van der Waals surface area contributed by atoms with Crippen LogP contribution in [0.2, 0.25) is 0 Å². The minimum atomic E-state index is -1.05. The lowest BCUT2D eigenvalue weighted by atomic mass is 10.1. The molecule has 2 heterocycles. The van der Waals surface area contributed by atoms with Gasteiger partial charge in [0.2, 0.25) is 5.82 Å². The lowest BCUT2D eigenvalue weighted by Gasteiger charge is -1.99. The Kier molecular flexibility index (Phi) is 2.60. The van der Waals surface area contributed by atoms with Crippen molar-refractivity contribution in [3.63, 3.8) is 0 Å². The molecule has 0 aliphatic carbocycles. The maximum absolute atomic E-state index is 11.1. The first-order chi connectivity index (χ1) is 9.25. The van der Waals surface area contributed by atoms with Crippen molar-refractivity contribution >= 4 is 5.97 Å². The molecule has 0 saturated carbocycles. The zero-order valence-corrected chi connectivity index (χ0v) is 9.61. The molecule has 0 amide bonds. The van der Waals surface area contributed by atoms with Gasteiger partial charge in [0, 0.05) is 0 Å². The van der Waals surface area contributed by atoms with E-state index >= 15 is 0 Å². The minimum absolute atomic E-state index is 0.108. The van der Waals surface area contributed by atoms with Gasteiger partial charge in [0.1, 0.15) is 0 Å². The summed E-state index contributed by atoms with van der Waals surface area (Å²) in [5.41, 5.74) is 0.484. The van der Waals surface area contributed by atoms with Gasteiger partial charge >= 0.3 is 5.97 Å². The molecule has 0 atom stereocenters. The van der Waals surface area contributed by atoms with Gasteiger partial charge < -0.3 is 14.0 Å². The van der Waals surface area contributed by atoms with E-state index in [0.717, 1.165) is 0 Å². The third-order valence-electron chi connectivity index (χ3n) is 2.56. The highest BCUT2D eigenvalue weighted by atomic mass is 16.5. The molecule has 0 aliphatic heterocycles. The van der Waals surface area contributed by atoms with Crippen LogP contribution in [0.4, 0.5) is 0 Å². The second-order valence-corrected chi connectivity index (χ2v) is 3.75. The number of rotatable bonds is 3. The number of aromatic nitrogens is 2. The topological polar surface area (TPSA) is 89.4 Å². The molecule has 6 heteroatoms. The number of furan rings is 1. The van der Waals surface area contributed by atoms with Gasteiger partial charge in [-0.1, -0.05) is 17.3 Å². The van der Waals surface area contributed by atoms with Gasteiger partial charge in [-0.15, -0.1) is 0 Å². The summed E-state index contributed by atoms with van der Waals surface area (Å²) in [7, 11) is 0. The highest BCUT2D eigenvalue weighted by Gasteiger charge is 2.17. The number of carboxylic acid groups (broad SMARTS) is 1. The molecule has 3 rings (SSSR count). The summed E-state index contributed by atoms with van der Waals surface area (Å²) in [5.74, 6) is -0.166. The van der Waals surface area contributed by atoms with Crippen molar-refractivity contribution in [3.8, 4) is 23.0 Å². The van der Waals surface area contributed by atoms with Crippen LogP contribution in [0.5, 0.6) is 0 Å². The first kappa shape index (κ1) is 11.2. The van der Waals surface area contributed by atoms with E-state index in [4.69, 9.17) is 14.0 Å². The average molecular weight is 256 g/mol. The highest BCUT2D eigenvalue weighted by Crippen LogP contribution is 2.25. The quantitative estimate of drug-likeness (QED) is 0.774. The molecule has 0 bridgehead atoms. The van der Waals surface area contributed by atoms with Crippen LogP contribution in [-0.4, -0.2) is 21.2 Å². The van der Waals surface area contributed by atoms with Gasteiger partial charge in [0.05, 0.1) is 17.4 Å². The Morgan fingerprint density at radius 2 is 2.00 bits per heavy atom. The van der Waals surface area contributed by atoms with Crippen LogP contribution in [-0.2, 0) is 0 Å². The Balaban J connectivity index is 2.06. The molecule has 1 aromatic carbocycles. The van der Waals surface area contributed by atoms with Gasteiger partial charge in [-0.25, -0.2) is 4.79 Å². The smallest absolute Gasteiger partial charge is 0.336 e. The Morgan fingerprint density at radius 1 is 1.16 bits per heavy atom. The van der Waals surface area contributed by atoms with Gasteiger partial charge in [-0.3, -0.25) is 0 Å². The van der Waals surface area contributed by atoms with Crippen LogP contribution >= 0.6 is 0 Å². The van der Waals surface area contributed by atoms with Crippen LogP contribution in [0.1, 0.15) is 10.4 Å². The van der Waals surface area contributed by atoms with E-state index in [-0.39, 0.29) is 17.3 Å². The third kappa shape index (κ3) is 1.99. The van der Waals surface area contributed by atoms with Crippen LogP contribution in [0.15, 0.2) is 51.6 Å². The average Bonchev–Trinajstić information content (AvgIpc) is 3.09. The van der Waals surface area contributed by atoms with Crippen molar-refractivity contribution in [2.24, 2.45) is 0 Å². The summed E-state index contributed by atoms with van der Waals surface area (Å²) in [4.78, 5) is 15.3. The largest absolute Gasteiger partial charge is 0.478 e. The molecule has 0 saturated heterocycles. The fraction of sp³-hybridized carbons (Fsp3) is 0. The van der Waals surface area contributed by atoms with E-state index in [1.165, 1.54) is 12.3 Å². The molecule has 0 spiro atoms. The lowest BCUT2D eigenvalue weighted by Crippen LogP contribution is -1.99. The van der Waals surface area contributed by atoms with Crippen LogP contribution in [0, 0.1) is 0 Å². The Hall–Kier alpha value is -2.89. The van der Waals surface area contributed by atoms with Crippen LogP contribution in [0.25, 0.3) is 23.0 Å². The lowest BCUT2D eigenvalue weighted by molar-refractivity contribution is 0.0697. The zero-order chi connectivity index (χ0) is 13.2. The number of aromatic carboxylic acids is 1. The van der Waals surface area contributed by atoms with Crippen molar-refractivity contribution in [1.29, 1.82) is 0 Å². The maximum Gasteiger partial charge on any atom is 0.336 e. The Bertz CT molecular complexity index is 716. The van der Waals surface area contributed by atoms with E-state index < -0.39 is 5.97 Å². The standard InChI is InChI=1S/C13H8N2O4/c16-13(17)9-5-2-1-4-8(9)12-14-11(15-19-12)10-6-3-7-18-10/h1-7H,(H,16,17). The van der Waals surface area contributed by atoms with Gasteiger partial charge in [-0.2, -0.15) is 4.98 Å². The van der Waals surface area contributed by atoms with E-state index in [9.17, 15) is 4.79 Å². The molecule has 6 nitrogen and oxygen atoms in total.